The molecule has 1 aromatic rings. The van der Waals surface area contributed by atoms with E-state index in [4.69, 9.17) is 21.1 Å². The van der Waals surface area contributed by atoms with Gasteiger partial charge in [-0.05, 0) is 80.6 Å². The van der Waals surface area contributed by atoms with Crippen LogP contribution in [0.25, 0.3) is 0 Å². The topological polar surface area (TPSA) is 47.6 Å². The van der Waals surface area contributed by atoms with Gasteiger partial charge in [0.05, 0.1) is 5.70 Å². The molecule has 142 valence electrons. The zero-order valence-corrected chi connectivity index (χ0v) is 16.3. The third-order valence-corrected chi connectivity index (χ3v) is 5.86. The van der Waals surface area contributed by atoms with E-state index in [1.807, 2.05) is 19.1 Å². The van der Waals surface area contributed by atoms with Crippen LogP contribution in [0.3, 0.4) is 0 Å². The fourth-order valence-electron chi connectivity index (χ4n) is 4.01. The molecule has 0 spiro atoms. The maximum atomic E-state index is 12.3. The molecule has 0 radical (unpaired) electrons. The normalized spacial score (nSPS) is 28.7. The molecule has 27 heavy (non-hydrogen) atoms. The summed E-state index contributed by atoms with van der Waals surface area (Å²) in [6.45, 7) is 2.20. The van der Waals surface area contributed by atoms with Gasteiger partial charge in [-0.1, -0.05) is 12.0 Å². The number of benzene rings is 1. The van der Waals surface area contributed by atoms with Crippen LogP contribution in [0.5, 0.6) is 11.5 Å². The minimum atomic E-state index is -0.513. The van der Waals surface area contributed by atoms with Gasteiger partial charge in [0, 0.05) is 6.42 Å². The van der Waals surface area contributed by atoms with Crippen LogP contribution < -0.4 is 14.8 Å². The monoisotopic (exact) mass is 385 g/mol. The minimum Gasteiger partial charge on any atom is -0.454 e. The Bertz CT molecular complexity index is 826. The molecule has 1 heterocycles. The first-order valence-corrected chi connectivity index (χ1v) is 9.98. The Labute approximate surface area is 165 Å². The highest BCUT2D eigenvalue weighted by Gasteiger charge is 2.26. The average Bonchev–Trinajstić information content (AvgIpc) is 3.12. The zero-order valence-electron chi connectivity index (χ0n) is 15.5. The summed E-state index contributed by atoms with van der Waals surface area (Å²) in [5.74, 6) is 8.63. The van der Waals surface area contributed by atoms with Crippen LogP contribution in [0, 0.1) is 17.8 Å². The van der Waals surface area contributed by atoms with Gasteiger partial charge in [-0.3, -0.25) is 4.79 Å². The second kappa shape index (κ2) is 7.48. The molecule has 1 N–H and O–H groups in total. The molecule has 0 bridgehead atoms. The molecule has 0 saturated heterocycles. The Kier molecular flexibility index (Phi) is 5.06. The second-order valence-electron chi connectivity index (χ2n) is 7.85. The number of nitrogens with one attached hydrogen (secondary N) is 1. The van der Waals surface area contributed by atoms with Crippen molar-refractivity contribution in [3.63, 3.8) is 0 Å². The first kappa shape index (κ1) is 18.3. The Morgan fingerprint density at radius 1 is 1.26 bits per heavy atom. The molecule has 0 aromatic heterocycles. The number of amides is 1. The smallest absolute Gasteiger partial charge is 0.231 e. The van der Waals surface area contributed by atoms with E-state index >= 15 is 0 Å². The number of allylic oxidation sites excluding steroid dienone is 2. The Hall–Kier alpha value is -2.12. The van der Waals surface area contributed by atoms with Gasteiger partial charge in [0.1, 0.15) is 4.87 Å². The molecule has 3 aliphatic rings. The average molecular weight is 386 g/mol. The number of ether oxygens (including phenoxy) is 2. The van der Waals surface area contributed by atoms with Crippen molar-refractivity contribution < 1.29 is 14.3 Å². The predicted molar refractivity (Wildman–Crippen MR) is 105 cm³/mol. The van der Waals surface area contributed by atoms with Gasteiger partial charge in [0.15, 0.2) is 11.5 Å². The highest BCUT2D eigenvalue weighted by atomic mass is 35.5. The van der Waals surface area contributed by atoms with Crippen LogP contribution >= 0.6 is 11.6 Å². The second-order valence-corrected chi connectivity index (χ2v) is 8.69. The summed E-state index contributed by atoms with van der Waals surface area (Å²) in [4.78, 5) is 11.8. The zero-order chi connectivity index (χ0) is 18.9. The van der Waals surface area contributed by atoms with Crippen molar-refractivity contribution in [1.29, 1.82) is 0 Å². The largest absolute Gasteiger partial charge is 0.454 e. The van der Waals surface area contributed by atoms with Gasteiger partial charge < -0.3 is 14.8 Å². The first-order chi connectivity index (χ1) is 13.0. The van der Waals surface area contributed by atoms with E-state index in [-0.39, 0.29) is 5.91 Å². The van der Waals surface area contributed by atoms with Crippen molar-refractivity contribution in [1.82, 2.24) is 5.32 Å². The van der Waals surface area contributed by atoms with Crippen molar-refractivity contribution in [3.05, 3.63) is 35.5 Å². The molecule has 1 aliphatic heterocycles. The maximum absolute atomic E-state index is 12.3. The summed E-state index contributed by atoms with van der Waals surface area (Å²) in [6.07, 6.45) is 7.46. The number of hydrogen-bond acceptors (Lipinski definition) is 3. The molecule has 1 unspecified atom stereocenters. The molecule has 1 atom stereocenters. The molecule has 5 heteroatoms. The van der Waals surface area contributed by atoms with E-state index in [1.54, 1.807) is 0 Å². The standard InChI is InChI=1S/C22H24ClNO3/c1-22(23)10-8-18(9-11-22)24-21(25)12-15-2-4-16(5-3-15)17-6-7-19-20(13-17)27-14-26-19/h6-8,13,15-16H,2-5,10,12,14H2,1H3,(H,24,25). The Morgan fingerprint density at radius 2 is 2.04 bits per heavy atom. The third kappa shape index (κ3) is 4.42. The summed E-state index contributed by atoms with van der Waals surface area (Å²) in [5, 5.41) is 2.93. The van der Waals surface area contributed by atoms with Crippen LogP contribution in [0.4, 0.5) is 0 Å². The van der Waals surface area contributed by atoms with Crippen LogP contribution in [0.1, 0.15) is 56.9 Å². The molecule has 1 saturated carbocycles. The fourth-order valence-corrected chi connectivity index (χ4v) is 4.13. The van der Waals surface area contributed by atoms with E-state index in [0.29, 0.717) is 37.2 Å². The van der Waals surface area contributed by atoms with Gasteiger partial charge in [0.2, 0.25) is 12.7 Å². The molecule has 4 rings (SSSR count). The lowest BCUT2D eigenvalue weighted by molar-refractivity contribution is -0.121. The number of carbonyl (C=O) groups excluding carboxylic acids is 1. The van der Waals surface area contributed by atoms with E-state index in [9.17, 15) is 4.79 Å². The molecule has 1 aromatic carbocycles. The summed E-state index contributed by atoms with van der Waals surface area (Å²) < 4.78 is 10.9. The van der Waals surface area contributed by atoms with E-state index in [2.05, 4.69) is 29.3 Å². The predicted octanol–water partition coefficient (Wildman–Crippen LogP) is 4.48. The van der Waals surface area contributed by atoms with Gasteiger partial charge in [-0.15, -0.1) is 11.6 Å². The highest BCUT2D eigenvalue weighted by Crippen LogP contribution is 2.41. The van der Waals surface area contributed by atoms with Gasteiger partial charge in [0.25, 0.3) is 0 Å². The van der Waals surface area contributed by atoms with Gasteiger partial charge in [-0.25, -0.2) is 0 Å². The SMILES string of the molecule is CC1(Cl)C#CC(NC(=O)CC2CCC(c3ccc4c(c3)OCO4)CC2)=CC1. The van der Waals surface area contributed by atoms with Crippen molar-refractivity contribution >= 4 is 17.5 Å². The van der Waals surface area contributed by atoms with Crippen LogP contribution in [-0.2, 0) is 4.79 Å². The number of rotatable bonds is 4. The van der Waals surface area contributed by atoms with E-state index < -0.39 is 4.87 Å². The fraction of sp³-hybridized carbons (Fsp3) is 0.500. The number of alkyl halides is 1. The van der Waals surface area contributed by atoms with Crippen molar-refractivity contribution in [2.45, 2.75) is 56.2 Å². The van der Waals surface area contributed by atoms with Crippen molar-refractivity contribution in [2.24, 2.45) is 5.92 Å². The van der Waals surface area contributed by atoms with Crippen LogP contribution in [-0.4, -0.2) is 17.6 Å². The summed E-state index contributed by atoms with van der Waals surface area (Å²) in [7, 11) is 0. The molecule has 2 aliphatic carbocycles. The number of carbonyl (C=O) groups is 1. The molecule has 1 fully saturated rings. The molecule has 1 amide bonds. The third-order valence-electron chi connectivity index (χ3n) is 5.61. The van der Waals surface area contributed by atoms with E-state index in [1.165, 1.54) is 5.56 Å². The quantitative estimate of drug-likeness (QED) is 0.613. The van der Waals surface area contributed by atoms with Crippen LogP contribution in [0.2, 0.25) is 0 Å². The number of hydrogen-bond donors (Lipinski definition) is 1. The highest BCUT2D eigenvalue weighted by molar-refractivity contribution is 6.26. The Balaban J connectivity index is 1.26. The molecular weight excluding hydrogens is 362 g/mol. The minimum absolute atomic E-state index is 0.0558. The van der Waals surface area contributed by atoms with E-state index in [0.717, 1.165) is 37.2 Å². The molecule has 4 nitrogen and oxygen atoms in total. The lowest BCUT2D eigenvalue weighted by Gasteiger charge is -2.28. The lowest BCUT2D eigenvalue weighted by Crippen LogP contribution is -2.28. The number of halogens is 1. The maximum Gasteiger partial charge on any atom is 0.231 e. The summed E-state index contributed by atoms with van der Waals surface area (Å²) in [5.41, 5.74) is 2.00. The van der Waals surface area contributed by atoms with Crippen LogP contribution in [0.15, 0.2) is 30.0 Å². The van der Waals surface area contributed by atoms with Gasteiger partial charge in [-0.2, -0.15) is 0 Å². The van der Waals surface area contributed by atoms with Crippen molar-refractivity contribution in [2.75, 3.05) is 6.79 Å². The molecular formula is C22H24ClNO3. The lowest BCUT2D eigenvalue weighted by atomic mass is 9.77. The summed E-state index contributed by atoms with van der Waals surface area (Å²) in [6, 6.07) is 6.25. The Morgan fingerprint density at radius 3 is 2.78 bits per heavy atom. The summed E-state index contributed by atoms with van der Waals surface area (Å²) >= 11 is 6.18. The number of fused-ring (bicyclic) bond motifs is 1. The first-order valence-electron chi connectivity index (χ1n) is 9.60. The van der Waals surface area contributed by atoms with Crippen molar-refractivity contribution in [3.8, 4) is 23.3 Å². The van der Waals surface area contributed by atoms with Gasteiger partial charge >= 0.3 is 0 Å².